The smallest absolute Gasteiger partial charge is 0.264 e. The predicted octanol–water partition coefficient (Wildman–Crippen LogP) is 4.55. The highest BCUT2D eigenvalue weighted by molar-refractivity contribution is 7.92. The number of hydrogen-bond acceptors (Lipinski definition) is 7. The summed E-state index contributed by atoms with van der Waals surface area (Å²) in [4.78, 5) is 10.6. The molecule has 2 atom stereocenters. The molecule has 3 aromatic rings. The fourth-order valence-corrected chi connectivity index (χ4v) is 6.05. The number of piperidine rings is 1. The van der Waals surface area contributed by atoms with Gasteiger partial charge in [-0.05, 0) is 61.9 Å². The van der Waals surface area contributed by atoms with Gasteiger partial charge < -0.3 is 25.6 Å². The number of ether oxygens (including phenoxy) is 2. The molecule has 0 bridgehead atoms. The van der Waals surface area contributed by atoms with Gasteiger partial charge in [0.05, 0.1) is 43.5 Å². The van der Waals surface area contributed by atoms with E-state index in [0.29, 0.717) is 27.8 Å². The minimum absolute atomic E-state index is 0.0511. The van der Waals surface area contributed by atoms with Gasteiger partial charge in [0.15, 0.2) is 11.5 Å². The first kappa shape index (κ1) is 31.5. The van der Waals surface area contributed by atoms with E-state index < -0.39 is 16.1 Å². The molecule has 0 aromatic heterocycles. The van der Waals surface area contributed by atoms with Crippen molar-refractivity contribution in [1.29, 1.82) is 0 Å². The molecule has 0 radical (unpaired) electrons. The summed E-state index contributed by atoms with van der Waals surface area (Å²) < 4.78 is 37.4. The van der Waals surface area contributed by atoms with Crippen LogP contribution in [0.3, 0.4) is 0 Å². The summed E-state index contributed by atoms with van der Waals surface area (Å²) in [6, 6.07) is 18.5. The number of nitrogens with one attached hydrogen (secondary N) is 1. The molecule has 0 saturated carbocycles. The van der Waals surface area contributed by atoms with Crippen molar-refractivity contribution in [2.24, 2.45) is 5.73 Å². The molecule has 40 heavy (non-hydrogen) atoms. The van der Waals surface area contributed by atoms with Crippen LogP contribution < -0.4 is 24.8 Å². The Morgan fingerprint density at radius 1 is 0.975 bits per heavy atom. The Kier molecular flexibility index (Phi) is 11.5. The van der Waals surface area contributed by atoms with Crippen LogP contribution in [0.15, 0.2) is 71.6 Å². The summed E-state index contributed by atoms with van der Waals surface area (Å²) in [6.07, 6.45) is 2.29. The molecule has 2 aliphatic heterocycles. The first-order chi connectivity index (χ1) is 19.1. The molecule has 216 valence electrons. The Labute approximate surface area is 244 Å². The van der Waals surface area contributed by atoms with E-state index in [1.165, 1.54) is 43.1 Å². The van der Waals surface area contributed by atoms with Crippen molar-refractivity contribution in [3.8, 4) is 11.5 Å². The number of β-amino-alcohol motifs (C(OH)–C–C–N with tert-alkyl or cyclic N) is 1. The monoisotopic (exact) mass is 609 g/mol. The molecule has 1 amide bonds. The zero-order valence-electron chi connectivity index (χ0n) is 22.2. The fourth-order valence-electron chi connectivity index (χ4n) is 4.21. The summed E-state index contributed by atoms with van der Waals surface area (Å²) >= 11 is 11.5. The lowest BCUT2D eigenvalue weighted by atomic mass is 10.1. The number of methoxy groups -OCH3 is 2. The Balaban J connectivity index is 0.000000223. The molecule has 3 aromatic carbocycles. The summed E-state index contributed by atoms with van der Waals surface area (Å²) in [5, 5.41) is 14.4. The van der Waals surface area contributed by atoms with E-state index in [4.69, 9.17) is 38.4 Å². The van der Waals surface area contributed by atoms with Crippen molar-refractivity contribution in [3.05, 3.63) is 82.3 Å². The van der Waals surface area contributed by atoms with Gasteiger partial charge in [-0.25, -0.2) is 8.42 Å². The van der Waals surface area contributed by atoms with Gasteiger partial charge in [0.25, 0.3) is 10.0 Å². The van der Waals surface area contributed by atoms with E-state index in [2.05, 4.69) is 5.32 Å². The highest BCUT2D eigenvalue weighted by Crippen LogP contribution is 2.40. The first-order valence-electron chi connectivity index (χ1n) is 12.5. The van der Waals surface area contributed by atoms with E-state index in [1.807, 2.05) is 30.3 Å². The quantitative estimate of drug-likeness (QED) is 0.386. The van der Waals surface area contributed by atoms with Crippen LogP contribution in [0, 0.1) is 0 Å². The number of aliphatic hydroxyl groups excluding tert-OH is 1. The molecule has 4 N–H and O–H groups in total. The van der Waals surface area contributed by atoms with Crippen LogP contribution >= 0.6 is 23.2 Å². The number of halogens is 2. The van der Waals surface area contributed by atoms with Gasteiger partial charge >= 0.3 is 0 Å². The molecular formula is C28H33Cl2N3O6S. The third-order valence-electron chi connectivity index (χ3n) is 6.29. The number of rotatable bonds is 5. The number of carbonyl (C=O) groups is 1. The molecule has 2 heterocycles. The van der Waals surface area contributed by atoms with E-state index in [1.54, 1.807) is 18.2 Å². The number of benzene rings is 3. The lowest BCUT2D eigenvalue weighted by molar-refractivity contribution is -0.120. The molecule has 0 aliphatic carbocycles. The average molecular weight is 611 g/mol. The van der Waals surface area contributed by atoms with Gasteiger partial charge in [-0.15, -0.1) is 0 Å². The second-order valence-corrected chi connectivity index (χ2v) is 11.7. The van der Waals surface area contributed by atoms with E-state index in [9.17, 15) is 18.3 Å². The van der Waals surface area contributed by atoms with Gasteiger partial charge in [-0.1, -0.05) is 47.8 Å². The van der Waals surface area contributed by atoms with Crippen LogP contribution in [0.25, 0.3) is 0 Å². The number of anilines is 1. The number of nitrogens with zero attached hydrogens (tertiary/aromatic N) is 1. The summed E-state index contributed by atoms with van der Waals surface area (Å²) in [5.41, 5.74) is 5.98. The van der Waals surface area contributed by atoms with E-state index in [0.717, 1.165) is 24.4 Å². The standard InChI is InChI=1S/C16H16ClNO5S.C6H5Cl.C6H12N2O/c1-22-15-6-4-11(8-16(15)23-2)24(20,21)18-9-14(19)12-7-10(17)3-5-13(12)18;7-6-4-2-1-3-5-6;7-6(9)5-3-1-2-4-8-5/h3-8,14,19H,9H2,1-2H3;1-5H;5,8H,1-4H2,(H2,7,9)/t14-;;5-/m0.0/s1. The molecule has 1 fully saturated rings. The number of fused-ring (bicyclic) bond motifs is 1. The fraction of sp³-hybridized carbons (Fsp3) is 0.321. The molecule has 12 heteroatoms. The highest BCUT2D eigenvalue weighted by Gasteiger charge is 2.36. The molecular weight excluding hydrogens is 577 g/mol. The van der Waals surface area contributed by atoms with Crippen LogP contribution in [-0.4, -0.2) is 52.8 Å². The number of amides is 1. The third kappa shape index (κ3) is 8.02. The first-order valence-corrected chi connectivity index (χ1v) is 14.7. The van der Waals surface area contributed by atoms with Gasteiger partial charge in [0, 0.05) is 21.7 Å². The van der Waals surface area contributed by atoms with Gasteiger partial charge in [0.1, 0.15) is 0 Å². The zero-order valence-corrected chi connectivity index (χ0v) is 24.5. The normalized spacial score (nSPS) is 17.9. The SMILES string of the molecule is COc1ccc(S(=O)(=O)N2C[C@H](O)c3cc(Cl)ccc32)cc1OC.Clc1ccccc1.NC(=O)[C@@H]1CCCCN1. The van der Waals surface area contributed by atoms with Crippen LogP contribution in [0.5, 0.6) is 11.5 Å². The molecule has 1 saturated heterocycles. The van der Waals surface area contributed by atoms with E-state index in [-0.39, 0.29) is 23.4 Å². The minimum atomic E-state index is -3.86. The molecule has 0 spiro atoms. The molecule has 2 aliphatic rings. The maximum absolute atomic E-state index is 13.0. The molecule has 0 unspecified atom stereocenters. The van der Waals surface area contributed by atoms with Gasteiger partial charge in [-0.2, -0.15) is 0 Å². The maximum atomic E-state index is 13.0. The number of hydrogen-bond donors (Lipinski definition) is 3. The van der Waals surface area contributed by atoms with Crippen LogP contribution in [-0.2, 0) is 14.8 Å². The number of carbonyl (C=O) groups excluding carboxylic acids is 1. The number of aliphatic hydroxyl groups is 1. The summed E-state index contributed by atoms with van der Waals surface area (Å²) in [7, 11) is -0.950. The highest BCUT2D eigenvalue weighted by atomic mass is 35.5. The Morgan fingerprint density at radius 2 is 1.68 bits per heavy atom. The average Bonchev–Trinajstić information content (AvgIpc) is 3.30. The Morgan fingerprint density at radius 3 is 2.20 bits per heavy atom. The molecule has 5 rings (SSSR count). The number of primary amides is 1. The summed E-state index contributed by atoms with van der Waals surface area (Å²) in [5.74, 6) is 0.537. The maximum Gasteiger partial charge on any atom is 0.264 e. The van der Waals surface area contributed by atoms with Gasteiger partial charge in [-0.3, -0.25) is 9.10 Å². The van der Waals surface area contributed by atoms with Gasteiger partial charge in [0.2, 0.25) is 5.91 Å². The second kappa shape index (κ2) is 14.6. The molecule has 9 nitrogen and oxygen atoms in total. The van der Waals surface area contributed by atoms with Crippen molar-refractivity contribution in [3.63, 3.8) is 0 Å². The van der Waals surface area contributed by atoms with Crippen LogP contribution in [0.2, 0.25) is 10.0 Å². The lowest BCUT2D eigenvalue weighted by Gasteiger charge is -2.20. The topological polar surface area (TPSA) is 131 Å². The third-order valence-corrected chi connectivity index (χ3v) is 8.55. The predicted molar refractivity (Wildman–Crippen MR) is 157 cm³/mol. The van der Waals surface area contributed by atoms with Crippen molar-refractivity contribution < 1.29 is 27.8 Å². The van der Waals surface area contributed by atoms with E-state index >= 15 is 0 Å². The van der Waals surface area contributed by atoms with Crippen molar-refractivity contribution in [2.45, 2.75) is 36.3 Å². The number of sulfonamides is 1. The van der Waals surface area contributed by atoms with Crippen LogP contribution in [0.1, 0.15) is 30.9 Å². The Hall–Kier alpha value is -3.02. The zero-order chi connectivity index (χ0) is 29.3. The van der Waals surface area contributed by atoms with Crippen molar-refractivity contribution in [2.75, 3.05) is 31.6 Å². The lowest BCUT2D eigenvalue weighted by Crippen LogP contribution is -2.44. The minimum Gasteiger partial charge on any atom is -0.493 e. The second-order valence-electron chi connectivity index (χ2n) is 8.97. The van der Waals surface area contributed by atoms with Crippen LogP contribution in [0.4, 0.5) is 5.69 Å². The summed E-state index contributed by atoms with van der Waals surface area (Å²) in [6.45, 7) is 0.875. The van der Waals surface area contributed by atoms with Crippen molar-refractivity contribution in [1.82, 2.24) is 5.32 Å². The van der Waals surface area contributed by atoms with Crippen molar-refractivity contribution >= 4 is 44.8 Å². The largest absolute Gasteiger partial charge is 0.493 e. The Bertz CT molecular complexity index is 1390. The number of nitrogens with two attached hydrogens (primary N) is 1.